The van der Waals surface area contributed by atoms with Crippen molar-refractivity contribution in [3.05, 3.63) is 194 Å². The summed E-state index contributed by atoms with van der Waals surface area (Å²) in [6.45, 7) is 0. The molecule has 0 atom stereocenters. The Balaban J connectivity index is 1.07. The van der Waals surface area contributed by atoms with E-state index in [1.54, 1.807) is 0 Å². The first-order chi connectivity index (χ1) is 27.7. The van der Waals surface area contributed by atoms with Crippen molar-refractivity contribution in [3.8, 4) is 61.8 Å². The molecule has 0 bridgehead atoms. The van der Waals surface area contributed by atoms with Crippen LogP contribution in [0.15, 0.2) is 194 Å². The molecule has 262 valence electrons. The summed E-state index contributed by atoms with van der Waals surface area (Å²) in [4.78, 5) is 15.5. The summed E-state index contributed by atoms with van der Waals surface area (Å²) >= 11 is 1.84. The fraction of sp³-hybridized carbons (Fsp3) is 0. The van der Waals surface area contributed by atoms with Crippen molar-refractivity contribution in [1.29, 1.82) is 0 Å². The Morgan fingerprint density at radius 3 is 1.54 bits per heavy atom. The molecule has 0 aliphatic carbocycles. The zero-order valence-corrected chi connectivity index (χ0v) is 31.0. The van der Waals surface area contributed by atoms with E-state index in [0.29, 0.717) is 5.95 Å². The van der Waals surface area contributed by atoms with E-state index in [4.69, 9.17) is 15.0 Å². The van der Waals surface area contributed by atoms with Crippen LogP contribution in [-0.4, -0.2) is 19.5 Å². The van der Waals surface area contributed by atoms with Gasteiger partial charge < -0.3 is 0 Å². The topological polar surface area (TPSA) is 43.6 Å². The predicted octanol–water partition coefficient (Wildman–Crippen LogP) is 13.7. The summed E-state index contributed by atoms with van der Waals surface area (Å²) < 4.78 is 4.77. The Hall–Kier alpha value is -7.21. The molecule has 56 heavy (non-hydrogen) atoms. The molecule has 0 saturated heterocycles. The highest BCUT2D eigenvalue weighted by Gasteiger charge is 2.19. The Labute approximate surface area is 327 Å². The number of aromatic nitrogens is 4. The van der Waals surface area contributed by atoms with Crippen LogP contribution >= 0.6 is 11.3 Å². The molecule has 5 heteroatoms. The monoisotopic (exact) mass is 732 g/mol. The summed E-state index contributed by atoms with van der Waals surface area (Å²) in [5.41, 5.74) is 13.6. The third-order valence-electron chi connectivity index (χ3n) is 10.7. The maximum absolute atomic E-state index is 5.30. The van der Waals surface area contributed by atoms with Gasteiger partial charge in [0, 0.05) is 42.9 Å². The lowest BCUT2D eigenvalue weighted by atomic mass is 10.0. The quantitative estimate of drug-likeness (QED) is 0.171. The summed E-state index contributed by atoms with van der Waals surface area (Å²) in [7, 11) is 0. The predicted molar refractivity (Wildman–Crippen MR) is 234 cm³/mol. The number of pyridine rings is 1. The molecule has 0 N–H and O–H groups in total. The van der Waals surface area contributed by atoms with E-state index < -0.39 is 0 Å². The molecule has 7 aromatic carbocycles. The molecule has 0 amide bonds. The lowest BCUT2D eigenvalue weighted by Gasteiger charge is -2.12. The molecule has 4 heterocycles. The maximum atomic E-state index is 5.30. The van der Waals surface area contributed by atoms with Gasteiger partial charge in [-0.1, -0.05) is 140 Å². The van der Waals surface area contributed by atoms with Crippen LogP contribution in [0, 0.1) is 0 Å². The van der Waals surface area contributed by atoms with Crippen LogP contribution in [0.5, 0.6) is 0 Å². The zero-order valence-electron chi connectivity index (χ0n) is 30.2. The molecule has 4 nitrogen and oxygen atoms in total. The normalized spacial score (nSPS) is 11.6. The second-order valence-electron chi connectivity index (χ2n) is 14.1. The fourth-order valence-corrected chi connectivity index (χ4v) is 8.98. The van der Waals surface area contributed by atoms with Crippen molar-refractivity contribution in [1.82, 2.24) is 19.5 Å². The molecule has 4 aromatic heterocycles. The fourth-order valence-electron chi connectivity index (χ4n) is 7.89. The van der Waals surface area contributed by atoms with Gasteiger partial charge in [-0.15, -0.1) is 11.3 Å². The number of thiophene rings is 1. The molecular weight excluding hydrogens is 701 g/mol. The third-order valence-corrected chi connectivity index (χ3v) is 11.9. The third kappa shape index (κ3) is 5.56. The van der Waals surface area contributed by atoms with Crippen LogP contribution < -0.4 is 0 Å². The number of hydrogen-bond donors (Lipinski definition) is 0. The van der Waals surface area contributed by atoms with Gasteiger partial charge in [0.2, 0.25) is 5.95 Å². The number of rotatable bonds is 6. The number of fused-ring (bicyclic) bond motifs is 6. The van der Waals surface area contributed by atoms with Gasteiger partial charge in [0.25, 0.3) is 0 Å². The van der Waals surface area contributed by atoms with E-state index in [0.717, 1.165) is 61.1 Å². The highest BCUT2D eigenvalue weighted by atomic mass is 32.1. The summed E-state index contributed by atoms with van der Waals surface area (Å²) in [6.07, 6.45) is 1.87. The Kier molecular flexibility index (Phi) is 7.64. The largest absolute Gasteiger partial charge is 0.276 e. The molecule has 11 aromatic rings. The van der Waals surface area contributed by atoms with Gasteiger partial charge in [0.15, 0.2) is 0 Å². The Morgan fingerprint density at radius 2 is 0.875 bits per heavy atom. The molecular formula is C51H32N4S. The molecule has 0 aliphatic rings. The van der Waals surface area contributed by atoms with Crippen molar-refractivity contribution in [2.45, 2.75) is 0 Å². The molecule has 0 saturated carbocycles. The number of hydrogen-bond acceptors (Lipinski definition) is 4. The Morgan fingerprint density at radius 1 is 0.357 bits per heavy atom. The average Bonchev–Trinajstić information content (AvgIpc) is 3.82. The van der Waals surface area contributed by atoms with E-state index in [1.807, 2.05) is 35.7 Å². The first kappa shape index (κ1) is 32.2. The molecule has 0 radical (unpaired) electrons. The van der Waals surface area contributed by atoms with Crippen LogP contribution in [0.25, 0.3) is 104 Å². The van der Waals surface area contributed by atoms with Gasteiger partial charge in [0.05, 0.1) is 27.9 Å². The van der Waals surface area contributed by atoms with E-state index in [1.165, 1.54) is 36.9 Å². The molecule has 11 rings (SSSR count). The van der Waals surface area contributed by atoms with Gasteiger partial charge in [-0.2, -0.15) is 0 Å². The number of benzene rings is 7. The summed E-state index contributed by atoms with van der Waals surface area (Å²) in [5.74, 6) is 0.601. The second kappa shape index (κ2) is 13.3. The van der Waals surface area contributed by atoms with Crippen LogP contribution in [0.2, 0.25) is 0 Å². The van der Waals surface area contributed by atoms with E-state index in [2.05, 4.69) is 174 Å². The van der Waals surface area contributed by atoms with Crippen LogP contribution in [0.4, 0.5) is 0 Å². The van der Waals surface area contributed by atoms with Crippen LogP contribution in [0.1, 0.15) is 0 Å². The van der Waals surface area contributed by atoms with Crippen molar-refractivity contribution in [2.24, 2.45) is 0 Å². The lowest BCUT2D eigenvalue weighted by molar-refractivity contribution is 0.994. The highest BCUT2D eigenvalue weighted by Crippen LogP contribution is 2.39. The SMILES string of the molecule is c1ccc(-c2ccc(-c3cc(-c4ccc(-c5ccccc5)cc4)nc(-n4c5ccc(-c6ccc7sc8ccccc8c7c6)cc5c5ncccc54)n3)cc2)cc1. The standard InChI is InChI=1S/C51H32N4S/c1-3-10-33(11-4-1)35-17-21-37(22-18-35)44-32-45(38-23-19-36(20-24-38)34-12-5-2-6-13-34)54-51(53-44)55-46-27-25-39(31-43(46)50-47(55)15-9-29-52-50)40-26-28-49-42(30-40)41-14-7-8-16-48(41)56-49/h1-32H. The van der Waals surface area contributed by atoms with Crippen LogP contribution in [0.3, 0.4) is 0 Å². The van der Waals surface area contributed by atoms with Gasteiger partial charge in [-0.05, 0) is 81.9 Å². The minimum atomic E-state index is 0.601. The van der Waals surface area contributed by atoms with E-state index in [-0.39, 0.29) is 0 Å². The van der Waals surface area contributed by atoms with Crippen molar-refractivity contribution < 1.29 is 0 Å². The van der Waals surface area contributed by atoms with Gasteiger partial charge >= 0.3 is 0 Å². The minimum Gasteiger partial charge on any atom is -0.276 e. The van der Waals surface area contributed by atoms with Gasteiger partial charge in [0.1, 0.15) is 0 Å². The average molecular weight is 733 g/mol. The maximum Gasteiger partial charge on any atom is 0.235 e. The summed E-state index contributed by atoms with van der Waals surface area (Å²) in [6, 6.07) is 66.6. The number of nitrogens with zero attached hydrogens (tertiary/aromatic N) is 4. The van der Waals surface area contributed by atoms with Gasteiger partial charge in [-0.25, -0.2) is 9.97 Å². The summed E-state index contributed by atoms with van der Waals surface area (Å²) in [5, 5.41) is 3.64. The van der Waals surface area contributed by atoms with Crippen molar-refractivity contribution in [2.75, 3.05) is 0 Å². The minimum absolute atomic E-state index is 0.601. The van der Waals surface area contributed by atoms with E-state index >= 15 is 0 Å². The molecule has 0 fully saturated rings. The zero-order chi connectivity index (χ0) is 37.0. The first-order valence-electron chi connectivity index (χ1n) is 18.8. The van der Waals surface area contributed by atoms with Crippen molar-refractivity contribution >= 4 is 53.4 Å². The smallest absolute Gasteiger partial charge is 0.235 e. The van der Waals surface area contributed by atoms with E-state index in [9.17, 15) is 0 Å². The van der Waals surface area contributed by atoms with Crippen molar-refractivity contribution in [3.63, 3.8) is 0 Å². The first-order valence-corrected chi connectivity index (χ1v) is 19.6. The van der Waals surface area contributed by atoms with Gasteiger partial charge in [-0.3, -0.25) is 9.55 Å². The van der Waals surface area contributed by atoms with Crippen LogP contribution in [-0.2, 0) is 0 Å². The Bertz CT molecular complexity index is 3120. The second-order valence-corrected chi connectivity index (χ2v) is 15.2. The lowest BCUT2D eigenvalue weighted by Crippen LogP contribution is -2.04. The highest BCUT2D eigenvalue weighted by molar-refractivity contribution is 7.25. The molecule has 0 unspecified atom stereocenters. The molecule has 0 aliphatic heterocycles. The molecule has 0 spiro atoms.